The van der Waals surface area contributed by atoms with Crippen molar-refractivity contribution in [3.63, 3.8) is 0 Å². The zero-order valence-electron chi connectivity index (χ0n) is 14.5. The molecule has 5 nitrogen and oxygen atoms in total. The highest BCUT2D eigenvalue weighted by Gasteiger charge is 2.31. The second-order valence-corrected chi connectivity index (χ2v) is 8.16. The van der Waals surface area contributed by atoms with Crippen LogP contribution in [0.3, 0.4) is 0 Å². The number of carbonyl (C=O) groups excluding carboxylic acids is 1. The highest BCUT2D eigenvalue weighted by atomic mass is 35.5. The average Bonchev–Trinajstić information content (AvgIpc) is 2.68. The van der Waals surface area contributed by atoms with Crippen molar-refractivity contribution in [2.45, 2.75) is 23.2 Å². The van der Waals surface area contributed by atoms with Crippen LogP contribution in [0.15, 0.2) is 58.5 Å². The molecule has 1 aliphatic heterocycles. The maximum Gasteiger partial charge on any atom is 0.257 e. The fraction of sp³-hybridized carbons (Fsp3) is 0.150. The molecule has 1 unspecified atom stereocenters. The van der Waals surface area contributed by atoms with Crippen molar-refractivity contribution in [2.24, 2.45) is 0 Å². The zero-order chi connectivity index (χ0) is 19.7. The van der Waals surface area contributed by atoms with Crippen LogP contribution in [-0.4, -0.2) is 15.9 Å². The van der Waals surface area contributed by atoms with E-state index in [1.54, 1.807) is 18.2 Å². The van der Waals surface area contributed by atoms with Gasteiger partial charge in [-0.1, -0.05) is 71.4 Å². The summed E-state index contributed by atoms with van der Waals surface area (Å²) in [7, 11) is 0. The van der Waals surface area contributed by atoms with Gasteiger partial charge >= 0.3 is 0 Å². The number of aromatic nitrogens is 2. The second-order valence-electron chi connectivity index (χ2n) is 6.39. The van der Waals surface area contributed by atoms with Gasteiger partial charge in [0.2, 0.25) is 5.91 Å². The Morgan fingerprint density at radius 1 is 1.07 bits per heavy atom. The number of thioether (sulfide) groups is 1. The number of nitrogens with one attached hydrogen (secondary N) is 2. The van der Waals surface area contributed by atoms with Crippen molar-refractivity contribution < 1.29 is 4.79 Å². The summed E-state index contributed by atoms with van der Waals surface area (Å²) < 4.78 is 0. The lowest BCUT2D eigenvalue weighted by Crippen LogP contribution is -2.31. The molecule has 1 atom stereocenters. The van der Waals surface area contributed by atoms with E-state index in [-0.39, 0.29) is 17.9 Å². The summed E-state index contributed by atoms with van der Waals surface area (Å²) in [6.45, 7) is 0. The standard InChI is InChI=1S/C20H15Cl2N3O2S/c21-14-7-6-12(8-15(14)22)13-9-16(26)23-18-17(13)19(27)25-20(24-18)28-10-11-4-2-1-3-5-11/h1-8,13H,9-10H2,(H2,23,24,25,26,27). The van der Waals surface area contributed by atoms with Crippen molar-refractivity contribution in [2.75, 3.05) is 5.32 Å². The molecule has 1 amide bonds. The van der Waals surface area contributed by atoms with Gasteiger partial charge < -0.3 is 10.3 Å². The maximum atomic E-state index is 12.8. The third kappa shape index (κ3) is 3.94. The van der Waals surface area contributed by atoms with Gasteiger partial charge in [-0.2, -0.15) is 0 Å². The van der Waals surface area contributed by atoms with Gasteiger partial charge in [0, 0.05) is 18.1 Å². The Morgan fingerprint density at radius 2 is 1.86 bits per heavy atom. The van der Waals surface area contributed by atoms with Crippen molar-refractivity contribution >= 4 is 46.7 Å². The number of rotatable bonds is 4. The predicted molar refractivity (Wildman–Crippen MR) is 112 cm³/mol. The fourth-order valence-corrected chi connectivity index (χ4v) is 4.28. The van der Waals surface area contributed by atoms with Gasteiger partial charge in [-0.25, -0.2) is 4.98 Å². The number of anilines is 1. The van der Waals surface area contributed by atoms with Gasteiger partial charge in [0.05, 0.1) is 15.6 Å². The first-order chi connectivity index (χ1) is 13.5. The Bertz CT molecular complexity index is 1100. The summed E-state index contributed by atoms with van der Waals surface area (Å²) >= 11 is 13.5. The molecule has 0 fully saturated rings. The van der Waals surface area contributed by atoms with Crippen molar-refractivity contribution in [1.29, 1.82) is 0 Å². The highest BCUT2D eigenvalue weighted by molar-refractivity contribution is 7.98. The molecular weight excluding hydrogens is 417 g/mol. The van der Waals surface area contributed by atoms with Crippen LogP contribution in [0.1, 0.15) is 29.0 Å². The lowest BCUT2D eigenvalue weighted by molar-refractivity contribution is -0.116. The van der Waals surface area contributed by atoms with Crippen molar-refractivity contribution in [3.05, 3.63) is 85.6 Å². The van der Waals surface area contributed by atoms with Crippen molar-refractivity contribution in [1.82, 2.24) is 9.97 Å². The number of amides is 1. The summed E-state index contributed by atoms with van der Waals surface area (Å²) in [6, 6.07) is 15.0. The molecule has 2 aromatic carbocycles. The third-order valence-corrected chi connectivity index (χ3v) is 6.18. The zero-order valence-corrected chi connectivity index (χ0v) is 16.9. The van der Waals surface area contributed by atoms with Crippen LogP contribution in [0, 0.1) is 0 Å². The quantitative estimate of drug-likeness (QED) is 0.457. The van der Waals surface area contributed by atoms with E-state index >= 15 is 0 Å². The van der Waals surface area contributed by atoms with E-state index in [1.165, 1.54) is 11.8 Å². The van der Waals surface area contributed by atoms with Crippen LogP contribution in [-0.2, 0) is 10.5 Å². The number of halogens is 2. The van der Waals surface area contributed by atoms with E-state index in [2.05, 4.69) is 15.3 Å². The molecular formula is C20H15Cl2N3O2S. The van der Waals surface area contributed by atoms with Crippen molar-refractivity contribution in [3.8, 4) is 0 Å². The minimum Gasteiger partial charge on any atom is -0.310 e. The maximum absolute atomic E-state index is 12.8. The molecule has 8 heteroatoms. The molecule has 0 spiro atoms. The number of hydrogen-bond acceptors (Lipinski definition) is 4. The molecule has 0 saturated heterocycles. The highest BCUT2D eigenvalue weighted by Crippen LogP contribution is 2.36. The van der Waals surface area contributed by atoms with E-state index in [1.807, 2.05) is 30.3 Å². The molecule has 4 rings (SSSR count). The van der Waals surface area contributed by atoms with Gasteiger partial charge in [0.1, 0.15) is 5.82 Å². The van der Waals surface area contributed by atoms with E-state index < -0.39 is 5.92 Å². The summed E-state index contributed by atoms with van der Waals surface area (Å²) in [6.07, 6.45) is 0.145. The Labute approximate surface area is 175 Å². The van der Waals surface area contributed by atoms with Crippen LogP contribution in [0.5, 0.6) is 0 Å². The van der Waals surface area contributed by atoms with E-state index in [4.69, 9.17) is 23.2 Å². The normalized spacial score (nSPS) is 15.8. The SMILES string of the molecule is O=C1CC(c2ccc(Cl)c(Cl)c2)c2c(nc(SCc3ccccc3)[nH]c2=O)N1. The van der Waals surface area contributed by atoms with E-state index in [9.17, 15) is 9.59 Å². The number of hydrogen-bond donors (Lipinski definition) is 2. The van der Waals surface area contributed by atoms with Gasteiger partial charge in [-0.05, 0) is 23.3 Å². The lowest BCUT2D eigenvalue weighted by Gasteiger charge is -2.24. The predicted octanol–water partition coefficient (Wildman–Crippen LogP) is 4.84. The van der Waals surface area contributed by atoms with E-state index in [0.29, 0.717) is 32.3 Å². The monoisotopic (exact) mass is 431 g/mol. The van der Waals surface area contributed by atoms with Gasteiger partial charge in [-0.15, -0.1) is 0 Å². The number of carbonyl (C=O) groups is 1. The summed E-state index contributed by atoms with van der Waals surface area (Å²) in [5.41, 5.74) is 2.03. The van der Waals surface area contributed by atoms with E-state index in [0.717, 1.165) is 11.1 Å². The van der Waals surface area contributed by atoms with Gasteiger partial charge in [0.15, 0.2) is 5.16 Å². The third-order valence-electron chi connectivity index (χ3n) is 4.49. The van der Waals surface area contributed by atoms with Gasteiger partial charge in [0.25, 0.3) is 5.56 Å². The molecule has 3 aromatic rings. The number of aromatic amines is 1. The smallest absolute Gasteiger partial charge is 0.257 e. The Hall–Kier alpha value is -2.28. The molecule has 1 aromatic heterocycles. The van der Waals surface area contributed by atoms with Crippen LogP contribution < -0.4 is 10.9 Å². The Kier molecular flexibility index (Phi) is 5.44. The second kappa shape index (κ2) is 7.99. The van der Waals surface area contributed by atoms with Gasteiger partial charge in [-0.3, -0.25) is 9.59 Å². The molecule has 1 aliphatic rings. The summed E-state index contributed by atoms with van der Waals surface area (Å²) in [4.78, 5) is 32.4. The molecule has 2 heterocycles. The first-order valence-corrected chi connectivity index (χ1v) is 10.3. The Morgan fingerprint density at radius 3 is 2.61 bits per heavy atom. The minimum atomic E-state index is -0.428. The molecule has 142 valence electrons. The van der Waals surface area contributed by atoms with Crippen LogP contribution >= 0.6 is 35.0 Å². The van der Waals surface area contributed by atoms with Crippen LogP contribution in [0.4, 0.5) is 5.82 Å². The molecule has 0 saturated carbocycles. The van der Waals surface area contributed by atoms with Crippen LogP contribution in [0.2, 0.25) is 10.0 Å². The number of fused-ring (bicyclic) bond motifs is 1. The average molecular weight is 432 g/mol. The van der Waals surface area contributed by atoms with Crippen LogP contribution in [0.25, 0.3) is 0 Å². The molecule has 2 N–H and O–H groups in total. The first-order valence-electron chi connectivity index (χ1n) is 8.57. The topological polar surface area (TPSA) is 74.8 Å². The lowest BCUT2D eigenvalue weighted by atomic mass is 9.87. The number of H-pyrrole nitrogens is 1. The summed E-state index contributed by atoms with van der Waals surface area (Å²) in [5.74, 6) is 0.336. The first kappa shape index (κ1) is 19.1. The fourth-order valence-electron chi connectivity index (χ4n) is 3.16. The Balaban J connectivity index is 1.68. The number of nitrogens with zero attached hydrogens (tertiary/aromatic N) is 1. The molecule has 28 heavy (non-hydrogen) atoms. The number of benzene rings is 2. The minimum absolute atomic E-state index is 0.145. The largest absolute Gasteiger partial charge is 0.310 e. The molecule has 0 aliphatic carbocycles. The summed E-state index contributed by atoms with van der Waals surface area (Å²) in [5, 5.41) is 3.99. The molecule has 0 radical (unpaired) electrons. The molecule has 0 bridgehead atoms.